The molecule has 122 valence electrons. The van der Waals surface area contributed by atoms with Gasteiger partial charge in [0, 0.05) is 12.1 Å². The molecule has 1 N–H and O–H groups in total. The lowest BCUT2D eigenvalue weighted by Crippen LogP contribution is -2.31. The molecule has 1 heterocycles. The molecule has 0 atom stereocenters. The maximum absolute atomic E-state index is 13.0. The van der Waals surface area contributed by atoms with Gasteiger partial charge in [-0.1, -0.05) is 30.3 Å². The minimum absolute atomic E-state index is 0.108. The monoisotopic (exact) mass is 330 g/mol. The molecule has 0 saturated carbocycles. The Kier molecular flexibility index (Phi) is 3.58. The summed E-state index contributed by atoms with van der Waals surface area (Å²) in [6.45, 7) is 0. The minimum Gasteiger partial charge on any atom is -0.508 e. The first-order valence-electron chi connectivity index (χ1n) is 7.96. The van der Waals surface area contributed by atoms with E-state index in [2.05, 4.69) is 0 Å². The fourth-order valence-corrected chi connectivity index (χ4v) is 3.14. The summed E-state index contributed by atoms with van der Waals surface area (Å²) in [5.74, 6) is 0.147. The second-order valence-electron chi connectivity index (χ2n) is 5.86. The molecule has 0 unspecified atom stereocenters. The molecule has 0 fully saturated rings. The zero-order valence-corrected chi connectivity index (χ0v) is 13.6. The smallest absolute Gasteiger partial charge is 0.345 e. The molecule has 25 heavy (non-hydrogen) atoms. The summed E-state index contributed by atoms with van der Waals surface area (Å²) >= 11 is 0. The largest absolute Gasteiger partial charge is 0.508 e. The number of esters is 1. The molecule has 4 nitrogen and oxygen atoms in total. The second-order valence-corrected chi connectivity index (χ2v) is 5.86. The summed E-state index contributed by atoms with van der Waals surface area (Å²) in [4.78, 5) is 13.0. The van der Waals surface area contributed by atoms with Gasteiger partial charge in [-0.2, -0.15) is 4.57 Å². The Labute approximate surface area is 144 Å². The average Bonchev–Trinajstić information content (AvgIpc) is 2.62. The molecule has 0 radical (unpaired) electrons. The zero-order chi connectivity index (χ0) is 17.4. The van der Waals surface area contributed by atoms with Gasteiger partial charge in [-0.25, -0.2) is 4.79 Å². The van der Waals surface area contributed by atoms with Crippen LogP contribution >= 0.6 is 0 Å². The van der Waals surface area contributed by atoms with Crippen LogP contribution in [0, 0.1) is 0 Å². The van der Waals surface area contributed by atoms with Gasteiger partial charge in [0.25, 0.3) is 0 Å². The number of ether oxygens (including phenoxy) is 1. The second kappa shape index (κ2) is 5.91. The molecule has 0 aliphatic rings. The van der Waals surface area contributed by atoms with E-state index >= 15 is 0 Å². The van der Waals surface area contributed by atoms with E-state index in [0.29, 0.717) is 16.7 Å². The van der Waals surface area contributed by atoms with Crippen LogP contribution in [-0.4, -0.2) is 11.1 Å². The molecule has 0 aliphatic heterocycles. The zero-order valence-electron chi connectivity index (χ0n) is 13.6. The fourth-order valence-electron chi connectivity index (χ4n) is 3.14. The number of aromatic hydroxyl groups is 1. The molecule has 0 amide bonds. The SMILES string of the molecule is C[n+]1c2ccccc2c(C(=O)Oc2ccccc2)c2cc(O)ccc21. The van der Waals surface area contributed by atoms with E-state index in [1.807, 2.05) is 54.1 Å². The topological polar surface area (TPSA) is 50.4 Å². The fraction of sp³-hybridized carbons (Fsp3) is 0.0476. The van der Waals surface area contributed by atoms with Crippen molar-refractivity contribution in [1.82, 2.24) is 0 Å². The van der Waals surface area contributed by atoms with Crippen molar-refractivity contribution in [1.29, 1.82) is 0 Å². The molecule has 0 spiro atoms. The lowest BCUT2D eigenvalue weighted by Gasteiger charge is -2.10. The Balaban J connectivity index is 2.01. The third-order valence-corrected chi connectivity index (χ3v) is 4.30. The van der Waals surface area contributed by atoms with Crippen molar-refractivity contribution in [2.45, 2.75) is 0 Å². The van der Waals surface area contributed by atoms with Crippen molar-refractivity contribution >= 4 is 27.8 Å². The highest BCUT2D eigenvalue weighted by Gasteiger charge is 2.24. The number of phenols is 1. The van der Waals surface area contributed by atoms with Crippen molar-refractivity contribution < 1.29 is 19.2 Å². The van der Waals surface area contributed by atoms with Crippen LogP contribution < -0.4 is 9.30 Å². The first-order chi connectivity index (χ1) is 12.1. The highest BCUT2D eigenvalue weighted by molar-refractivity contribution is 6.13. The number of hydrogen-bond acceptors (Lipinski definition) is 3. The van der Waals surface area contributed by atoms with E-state index in [1.165, 1.54) is 0 Å². The number of pyridine rings is 1. The van der Waals surface area contributed by atoms with E-state index in [-0.39, 0.29) is 5.75 Å². The summed E-state index contributed by atoms with van der Waals surface area (Å²) in [5, 5.41) is 11.4. The Bertz CT molecular complexity index is 1100. The van der Waals surface area contributed by atoms with Crippen LogP contribution in [0.15, 0.2) is 72.8 Å². The van der Waals surface area contributed by atoms with Crippen molar-refractivity contribution in [3.05, 3.63) is 78.4 Å². The first-order valence-corrected chi connectivity index (χ1v) is 7.96. The number of phenolic OH excluding ortho intramolecular Hbond substituents is 1. The summed E-state index contributed by atoms with van der Waals surface area (Å²) in [5.41, 5.74) is 2.21. The van der Waals surface area contributed by atoms with E-state index in [0.717, 1.165) is 16.4 Å². The summed E-state index contributed by atoms with van der Waals surface area (Å²) in [6.07, 6.45) is 0. The predicted octanol–water partition coefficient (Wildman–Crippen LogP) is 3.74. The molecule has 4 heteroatoms. The number of carbonyl (C=O) groups excluding carboxylic acids is 1. The summed E-state index contributed by atoms with van der Waals surface area (Å²) < 4.78 is 7.57. The quantitative estimate of drug-likeness (QED) is 0.264. The molecule has 3 aromatic carbocycles. The Morgan fingerprint density at radius 3 is 2.36 bits per heavy atom. The number of nitrogens with zero attached hydrogens (tertiary/aromatic N) is 1. The van der Waals surface area contributed by atoms with Crippen LogP contribution in [0.4, 0.5) is 0 Å². The molecule has 0 bridgehead atoms. The van der Waals surface area contributed by atoms with E-state index in [1.54, 1.807) is 30.3 Å². The first kappa shape index (κ1) is 15.1. The van der Waals surface area contributed by atoms with Gasteiger partial charge in [-0.05, 0) is 30.3 Å². The lowest BCUT2D eigenvalue weighted by atomic mass is 10.0. The van der Waals surface area contributed by atoms with Crippen LogP contribution in [0.2, 0.25) is 0 Å². The highest BCUT2D eigenvalue weighted by atomic mass is 16.5. The number of carbonyl (C=O) groups is 1. The Hall–Kier alpha value is -3.40. The van der Waals surface area contributed by atoms with Crippen LogP contribution in [0.5, 0.6) is 11.5 Å². The Morgan fingerprint density at radius 1 is 0.880 bits per heavy atom. The van der Waals surface area contributed by atoms with Crippen molar-refractivity contribution in [3.8, 4) is 11.5 Å². The van der Waals surface area contributed by atoms with Gasteiger partial charge in [0.05, 0.1) is 16.3 Å². The van der Waals surface area contributed by atoms with Gasteiger partial charge in [0.15, 0.2) is 0 Å². The molecule has 4 aromatic rings. The number of rotatable bonds is 2. The third kappa shape index (κ3) is 2.58. The van der Waals surface area contributed by atoms with E-state index in [9.17, 15) is 9.90 Å². The van der Waals surface area contributed by atoms with Crippen LogP contribution in [-0.2, 0) is 7.05 Å². The van der Waals surface area contributed by atoms with Gasteiger partial charge in [-0.15, -0.1) is 0 Å². The molecule has 0 aliphatic carbocycles. The standard InChI is InChI=1S/C21H15NO3/c1-22-18-10-6-5-9-16(18)20(17-13-14(23)11-12-19(17)22)21(24)25-15-7-3-2-4-8-15/h2-13H,1H3/p+1. The molecule has 1 aromatic heterocycles. The number of aryl methyl sites for hydroxylation is 1. The highest BCUT2D eigenvalue weighted by Crippen LogP contribution is 2.28. The molecular weight excluding hydrogens is 314 g/mol. The molecule has 0 saturated heterocycles. The maximum Gasteiger partial charge on any atom is 0.345 e. The normalized spacial score (nSPS) is 10.9. The van der Waals surface area contributed by atoms with Crippen LogP contribution in [0.25, 0.3) is 21.8 Å². The third-order valence-electron chi connectivity index (χ3n) is 4.30. The van der Waals surface area contributed by atoms with Gasteiger partial charge in [0.1, 0.15) is 18.5 Å². The van der Waals surface area contributed by atoms with Gasteiger partial charge >= 0.3 is 5.97 Å². The number of fused-ring (bicyclic) bond motifs is 2. The number of para-hydroxylation sites is 2. The number of aromatic nitrogens is 1. The van der Waals surface area contributed by atoms with Crippen LogP contribution in [0.1, 0.15) is 10.4 Å². The predicted molar refractivity (Wildman–Crippen MR) is 95.7 cm³/mol. The molecular formula is C21H16NO3+. The van der Waals surface area contributed by atoms with Crippen molar-refractivity contribution in [3.63, 3.8) is 0 Å². The van der Waals surface area contributed by atoms with Crippen LogP contribution in [0.3, 0.4) is 0 Å². The Morgan fingerprint density at radius 2 is 1.56 bits per heavy atom. The lowest BCUT2D eigenvalue weighted by molar-refractivity contribution is -0.617. The van der Waals surface area contributed by atoms with Gasteiger partial charge in [0.2, 0.25) is 11.0 Å². The number of hydrogen-bond donors (Lipinski definition) is 1. The van der Waals surface area contributed by atoms with Crippen molar-refractivity contribution in [2.75, 3.05) is 0 Å². The van der Waals surface area contributed by atoms with E-state index in [4.69, 9.17) is 4.74 Å². The van der Waals surface area contributed by atoms with E-state index < -0.39 is 5.97 Å². The van der Waals surface area contributed by atoms with Gasteiger partial charge < -0.3 is 9.84 Å². The number of benzene rings is 3. The summed E-state index contributed by atoms with van der Waals surface area (Å²) in [6, 6.07) is 21.7. The average molecular weight is 330 g/mol. The van der Waals surface area contributed by atoms with Gasteiger partial charge in [-0.3, -0.25) is 0 Å². The van der Waals surface area contributed by atoms with Crippen molar-refractivity contribution in [2.24, 2.45) is 7.05 Å². The maximum atomic E-state index is 13.0. The summed E-state index contributed by atoms with van der Waals surface area (Å²) in [7, 11) is 1.94. The minimum atomic E-state index is -0.446. The molecule has 4 rings (SSSR count).